The Bertz CT molecular complexity index is 679. The molecule has 2 aromatic rings. The zero-order valence-corrected chi connectivity index (χ0v) is 14.3. The summed E-state index contributed by atoms with van der Waals surface area (Å²) < 4.78 is 5.92. The van der Waals surface area contributed by atoms with Crippen molar-refractivity contribution in [3.63, 3.8) is 0 Å². The molecule has 0 saturated heterocycles. The fourth-order valence-corrected chi connectivity index (χ4v) is 2.12. The van der Waals surface area contributed by atoms with E-state index in [4.69, 9.17) is 27.9 Å². The maximum atomic E-state index is 6.20. The van der Waals surface area contributed by atoms with Gasteiger partial charge >= 0.3 is 0 Å². The highest BCUT2D eigenvalue weighted by Gasteiger charge is 2.21. The Morgan fingerprint density at radius 1 is 1.05 bits per heavy atom. The predicted octanol–water partition coefficient (Wildman–Crippen LogP) is 5.49. The maximum Gasteiger partial charge on any atom is 0.227 e. The Hall–Kier alpha value is -1.32. The van der Waals surface area contributed by atoms with Crippen LogP contribution in [-0.4, -0.2) is 9.97 Å². The summed E-state index contributed by atoms with van der Waals surface area (Å²) in [5.41, 5.74) is 1.46. The highest BCUT2D eigenvalue weighted by atomic mass is 35.5. The molecule has 5 heteroatoms. The Morgan fingerprint density at radius 3 is 2.29 bits per heavy atom. The van der Waals surface area contributed by atoms with Crippen molar-refractivity contribution >= 4 is 23.2 Å². The lowest BCUT2D eigenvalue weighted by molar-refractivity contribution is 0.439. The van der Waals surface area contributed by atoms with Crippen LogP contribution in [0.4, 0.5) is 0 Å². The third-order valence-electron chi connectivity index (χ3n) is 3.06. The smallest absolute Gasteiger partial charge is 0.227 e. The molecule has 1 heterocycles. The summed E-state index contributed by atoms with van der Waals surface area (Å²) in [7, 11) is 0. The second-order valence-corrected chi connectivity index (χ2v) is 6.82. The van der Waals surface area contributed by atoms with Gasteiger partial charge in [-0.15, -0.1) is 0 Å². The van der Waals surface area contributed by atoms with E-state index in [1.54, 1.807) is 6.07 Å². The SMILES string of the molecule is Cc1cc(Cl)ccc1Oc1nc(C(C)(C)C)nc(Cl)c1C. The first-order chi connectivity index (χ1) is 9.68. The van der Waals surface area contributed by atoms with Crippen LogP contribution in [0.15, 0.2) is 18.2 Å². The molecule has 112 valence electrons. The zero-order valence-electron chi connectivity index (χ0n) is 12.8. The predicted molar refractivity (Wildman–Crippen MR) is 86.7 cm³/mol. The van der Waals surface area contributed by atoms with Gasteiger partial charge in [-0.3, -0.25) is 0 Å². The minimum absolute atomic E-state index is 0.204. The molecule has 1 aromatic heterocycles. The quantitative estimate of drug-likeness (QED) is 0.685. The molecular formula is C16H18Cl2N2O. The number of rotatable bonds is 2. The van der Waals surface area contributed by atoms with E-state index in [-0.39, 0.29) is 5.41 Å². The van der Waals surface area contributed by atoms with Crippen LogP contribution >= 0.6 is 23.2 Å². The van der Waals surface area contributed by atoms with Crippen LogP contribution in [0.1, 0.15) is 37.7 Å². The molecule has 0 saturated carbocycles. The van der Waals surface area contributed by atoms with Gasteiger partial charge in [0.05, 0.1) is 0 Å². The van der Waals surface area contributed by atoms with Crippen molar-refractivity contribution in [1.82, 2.24) is 9.97 Å². The number of halogens is 2. The third kappa shape index (κ3) is 3.66. The lowest BCUT2D eigenvalue weighted by Crippen LogP contribution is -2.17. The summed E-state index contributed by atoms with van der Waals surface area (Å²) in [6.07, 6.45) is 0. The molecule has 0 radical (unpaired) electrons. The molecular weight excluding hydrogens is 307 g/mol. The number of hydrogen-bond acceptors (Lipinski definition) is 3. The molecule has 3 nitrogen and oxygen atoms in total. The number of hydrogen-bond donors (Lipinski definition) is 0. The zero-order chi connectivity index (χ0) is 15.8. The van der Waals surface area contributed by atoms with Crippen LogP contribution in [0.2, 0.25) is 10.2 Å². The topological polar surface area (TPSA) is 35.0 Å². The average Bonchev–Trinajstić information content (AvgIpc) is 2.36. The number of benzene rings is 1. The minimum atomic E-state index is -0.204. The number of ether oxygens (including phenoxy) is 1. The van der Waals surface area contributed by atoms with Crippen LogP contribution in [0.3, 0.4) is 0 Å². The van der Waals surface area contributed by atoms with Crippen molar-refractivity contribution in [2.75, 3.05) is 0 Å². The van der Waals surface area contributed by atoms with E-state index >= 15 is 0 Å². The Balaban J connectivity index is 2.46. The van der Waals surface area contributed by atoms with Gasteiger partial charge in [-0.05, 0) is 37.6 Å². The van der Waals surface area contributed by atoms with Crippen molar-refractivity contribution in [2.24, 2.45) is 0 Å². The van der Waals surface area contributed by atoms with Crippen LogP contribution in [-0.2, 0) is 5.41 Å². The molecule has 0 amide bonds. The molecule has 2 rings (SSSR count). The second kappa shape index (κ2) is 5.82. The lowest BCUT2D eigenvalue weighted by Gasteiger charge is -2.19. The van der Waals surface area contributed by atoms with Gasteiger partial charge in [-0.1, -0.05) is 44.0 Å². The summed E-state index contributed by atoms with van der Waals surface area (Å²) >= 11 is 12.2. The highest BCUT2D eigenvalue weighted by molar-refractivity contribution is 6.30. The van der Waals surface area contributed by atoms with Crippen LogP contribution in [0, 0.1) is 13.8 Å². The third-order valence-corrected chi connectivity index (χ3v) is 3.66. The fourth-order valence-electron chi connectivity index (χ4n) is 1.74. The van der Waals surface area contributed by atoms with Crippen LogP contribution in [0.25, 0.3) is 0 Å². The van der Waals surface area contributed by atoms with E-state index < -0.39 is 0 Å². The molecule has 0 atom stereocenters. The monoisotopic (exact) mass is 324 g/mol. The Labute approximate surface area is 135 Å². The number of aryl methyl sites for hydroxylation is 1. The molecule has 0 unspecified atom stereocenters. The molecule has 0 fully saturated rings. The summed E-state index contributed by atoms with van der Waals surface area (Å²) in [5.74, 6) is 1.84. The molecule has 0 aliphatic heterocycles. The second-order valence-electron chi connectivity index (χ2n) is 6.03. The lowest BCUT2D eigenvalue weighted by atomic mass is 9.96. The van der Waals surface area contributed by atoms with Crippen molar-refractivity contribution in [3.8, 4) is 11.6 Å². The van der Waals surface area contributed by atoms with Crippen LogP contribution < -0.4 is 4.74 Å². The van der Waals surface area contributed by atoms with Gasteiger partial charge in [-0.25, -0.2) is 4.98 Å². The first kappa shape index (κ1) is 16.1. The molecule has 0 spiro atoms. The van der Waals surface area contributed by atoms with E-state index in [9.17, 15) is 0 Å². The van der Waals surface area contributed by atoms with E-state index in [0.29, 0.717) is 27.6 Å². The molecule has 1 aromatic carbocycles. The van der Waals surface area contributed by atoms with E-state index in [2.05, 4.69) is 9.97 Å². The van der Waals surface area contributed by atoms with Gasteiger partial charge in [0.15, 0.2) is 0 Å². The van der Waals surface area contributed by atoms with Crippen molar-refractivity contribution < 1.29 is 4.74 Å². The van der Waals surface area contributed by atoms with E-state index in [1.807, 2.05) is 46.8 Å². The van der Waals surface area contributed by atoms with Crippen molar-refractivity contribution in [2.45, 2.75) is 40.0 Å². The summed E-state index contributed by atoms with van der Waals surface area (Å²) in [4.78, 5) is 8.85. The average molecular weight is 325 g/mol. The van der Waals surface area contributed by atoms with E-state index in [1.165, 1.54) is 0 Å². The minimum Gasteiger partial charge on any atom is -0.438 e. The van der Waals surface area contributed by atoms with Gasteiger partial charge in [0.1, 0.15) is 16.7 Å². The molecule has 21 heavy (non-hydrogen) atoms. The number of aromatic nitrogens is 2. The van der Waals surface area contributed by atoms with Crippen molar-refractivity contribution in [1.29, 1.82) is 0 Å². The van der Waals surface area contributed by atoms with Gasteiger partial charge in [0.25, 0.3) is 0 Å². The van der Waals surface area contributed by atoms with Crippen LogP contribution in [0.5, 0.6) is 11.6 Å². The van der Waals surface area contributed by atoms with Crippen molar-refractivity contribution in [3.05, 3.63) is 45.3 Å². The summed E-state index contributed by atoms with van der Waals surface area (Å²) in [5, 5.41) is 1.09. The molecule has 0 bridgehead atoms. The van der Waals surface area contributed by atoms with Gasteiger partial charge < -0.3 is 4.74 Å². The summed E-state index contributed by atoms with van der Waals surface area (Å²) in [6.45, 7) is 9.88. The maximum absolute atomic E-state index is 6.20. The van der Waals surface area contributed by atoms with Gasteiger partial charge in [0.2, 0.25) is 5.88 Å². The fraction of sp³-hybridized carbons (Fsp3) is 0.375. The first-order valence-electron chi connectivity index (χ1n) is 6.67. The molecule has 0 N–H and O–H groups in total. The molecule has 0 aliphatic carbocycles. The largest absolute Gasteiger partial charge is 0.438 e. The van der Waals surface area contributed by atoms with Gasteiger partial charge in [-0.2, -0.15) is 4.98 Å². The standard InChI is InChI=1S/C16H18Cl2N2O/c1-9-8-11(17)6-7-12(9)21-14-10(2)13(18)19-15(20-14)16(3,4)5/h6-8H,1-5H3. The summed E-state index contributed by atoms with van der Waals surface area (Å²) in [6, 6.07) is 5.45. The Kier molecular flexibility index (Phi) is 4.45. The Morgan fingerprint density at radius 2 is 1.71 bits per heavy atom. The highest BCUT2D eigenvalue weighted by Crippen LogP contribution is 2.32. The normalized spacial score (nSPS) is 11.6. The first-order valence-corrected chi connectivity index (χ1v) is 7.42. The van der Waals surface area contributed by atoms with E-state index in [0.717, 1.165) is 11.1 Å². The van der Waals surface area contributed by atoms with Gasteiger partial charge in [0, 0.05) is 16.0 Å². The molecule has 0 aliphatic rings. The number of nitrogens with zero attached hydrogens (tertiary/aromatic N) is 2.